The summed E-state index contributed by atoms with van der Waals surface area (Å²) in [6, 6.07) is 5.60. The number of hydrogen-bond acceptors (Lipinski definition) is 3. The molecule has 1 amide bonds. The summed E-state index contributed by atoms with van der Waals surface area (Å²) in [6.07, 6.45) is 3.96. The van der Waals surface area contributed by atoms with Crippen LogP contribution in [0.15, 0.2) is 18.2 Å². The van der Waals surface area contributed by atoms with E-state index in [1.54, 1.807) is 0 Å². The highest BCUT2D eigenvalue weighted by molar-refractivity contribution is 5.92. The smallest absolute Gasteiger partial charge is 0.230 e. The first-order chi connectivity index (χ1) is 8.49. The van der Waals surface area contributed by atoms with E-state index in [1.165, 1.54) is 0 Å². The third-order valence-electron chi connectivity index (χ3n) is 3.71. The van der Waals surface area contributed by atoms with Crippen molar-refractivity contribution < 1.29 is 4.79 Å². The number of nitrogens with one attached hydrogen (secondary N) is 1. The van der Waals surface area contributed by atoms with Crippen molar-refractivity contribution in [2.45, 2.75) is 45.1 Å². The lowest BCUT2D eigenvalue weighted by molar-refractivity contribution is -0.122. The van der Waals surface area contributed by atoms with E-state index in [2.05, 4.69) is 10.3 Å². The molecule has 1 heterocycles. The number of rotatable bonds is 2. The molecule has 0 spiro atoms. The summed E-state index contributed by atoms with van der Waals surface area (Å²) in [7, 11) is 0. The standard InChI is InChI=1S/C14H21N3O/c1-10-6-5-8-12(16-10)17-13(18)11-7-3-4-9-14(11,2)15/h5-6,8,11H,3-4,7,9,15H2,1-2H3,(H,16,17,18). The number of carbonyl (C=O) groups excluding carboxylic acids is 1. The number of carbonyl (C=O) groups is 1. The topological polar surface area (TPSA) is 68.0 Å². The second kappa shape index (κ2) is 5.06. The summed E-state index contributed by atoms with van der Waals surface area (Å²) < 4.78 is 0. The predicted molar refractivity (Wildman–Crippen MR) is 72.2 cm³/mol. The van der Waals surface area contributed by atoms with Crippen molar-refractivity contribution in [2.75, 3.05) is 5.32 Å². The van der Waals surface area contributed by atoms with Crippen LogP contribution < -0.4 is 11.1 Å². The number of aryl methyl sites for hydroxylation is 1. The Labute approximate surface area is 108 Å². The number of pyridine rings is 1. The molecule has 98 valence electrons. The zero-order valence-electron chi connectivity index (χ0n) is 11.1. The van der Waals surface area contributed by atoms with Gasteiger partial charge in [-0.25, -0.2) is 4.98 Å². The van der Waals surface area contributed by atoms with Crippen LogP contribution in [0.3, 0.4) is 0 Å². The second-order valence-corrected chi connectivity index (χ2v) is 5.46. The molecule has 1 aliphatic rings. The Hall–Kier alpha value is -1.42. The quantitative estimate of drug-likeness (QED) is 0.842. The Morgan fingerprint density at radius 3 is 2.94 bits per heavy atom. The van der Waals surface area contributed by atoms with E-state index in [1.807, 2.05) is 32.0 Å². The molecule has 0 aromatic carbocycles. The Balaban J connectivity index is 2.07. The second-order valence-electron chi connectivity index (χ2n) is 5.46. The fourth-order valence-electron chi connectivity index (χ4n) is 2.61. The van der Waals surface area contributed by atoms with Gasteiger partial charge >= 0.3 is 0 Å². The number of nitrogens with two attached hydrogens (primary N) is 1. The normalized spacial score (nSPS) is 27.8. The highest BCUT2D eigenvalue weighted by atomic mass is 16.2. The van der Waals surface area contributed by atoms with Crippen LogP contribution in [-0.2, 0) is 4.79 Å². The average molecular weight is 247 g/mol. The fourth-order valence-corrected chi connectivity index (χ4v) is 2.61. The molecule has 0 aliphatic heterocycles. The van der Waals surface area contributed by atoms with Crippen LogP contribution in [0.4, 0.5) is 5.82 Å². The van der Waals surface area contributed by atoms with Crippen LogP contribution in [-0.4, -0.2) is 16.4 Å². The molecule has 1 aliphatic carbocycles. The van der Waals surface area contributed by atoms with E-state index in [0.717, 1.165) is 31.4 Å². The SMILES string of the molecule is Cc1cccc(NC(=O)C2CCCCC2(C)N)n1. The van der Waals surface area contributed by atoms with Crippen LogP contribution in [0, 0.1) is 12.8 Å². The lowest BCUT2D eigenvalue weighted by Gasteiger charge is -2.37. The first-order valence-corrected chi connectivity index (χ1v) is 6.52. The van der Waals surface area contributed by atoms with E-state index >= 15 is 0 Å². The number of aromatic nitrogens is 1. The molecule has 4 heteroatoms. The maximum absolute atomic E-state index is 12.3. The molecule has 1 saturated carbocycles. The first-order valence-electron chi connectivity index (χ1n) is 6.52. The molecule has 1 fully saturated rings. The van der Waals surface area contributed by atoms with Crippen molar-refractivity contribution in [1.82, 2.24) is 4.98 Å². The van der Waals surface area contributed by atoms with Crippen LogP contribution in [0.2, 0.25) is 0 Å². The van der Waals surface area contributed by atoms with E-state index in [-0.39, 0.29) is 11.8 Å². The van der Waals surface area contributed by atoms with Crippen molar-refractivity contribution in [3.63, 3.8) is 0 Å². The minimum Gasteiger partial charge on any atom is -0.325 e. The van der Waals surface area contributed by atoms with Gasteiger partial charge in [0.05, 0.1) is 5.92 Å². The molecule has 4 nitrogen and oxygen atoms in total. The number of anilines is 1. The third-order valence-corrected chi connectivity index (χ3v) is 3.71. The van der Waals surface area contributed by atoms with Gasteiger partial charge < -0.3 is 11.1 Å². The molecule has 0 radical (unpaired) electrons. The molecule has 3 N–H and O–H groups in total. The molecule has 2 rings (SSSR count). The molecule has 2 atom stereocenters. The molecule has 0 bridgehead atoms. The van der Waals surface area contributed by atoms with Gasteiger partial charge in [-0.1, -0.05) is 18.9 Å². The summed E-state index contributed by atoms with van der Waals surface area (Å²) in [5.41, 5.74) is 6.72. The molecule has 1 aromatic heterocycles. The van der Waals surface area contributed by atoms with Crippen LogP contribution in [0.5, 0.6) is 0 Å². The summed E-state index contributed by atoms with van der Waals surface area (Å²) in [4.78, 5) is 16.5. The van der Waals surface area contributed by atoms with Gasteiger partial charge in [0.2, 0.25) is 5.91 Å². The monoisotopic (exact) mass is 247 g/mol. The zero-order chi connectivity index (χ0) is 13.2. The van der Waals surface area contributed by atoms with Gasteiger partial charge in [0, 0.05) is 11.2 Å². The van der Waals surface area contributed by atoms with Gasteiger partial charge in [-0.05, 0) is 38.8 Å². The van der Waals surface area contributed by atoms with E-state index in [4.69, 9.17) is 5.73 Å². The molecule has 2 unspecified atom stereocenters. The fraction of sp³-hybridized carbons (Fsp3) is 0.571. The first kappa shape index (κ1) is 13.0. The third kappa shape index (κ3) is 2.88. The van der Waals surface area contributed by atoms with Crippen LogP contribution in [0.25, 0.3) is 0 Å². The van der Waals surface area contributed by atoms with Gasteiger partial charge in [-0.3, -0.25) is 4.79 Å². The summed E-state index contributed by atoms with van der Waals surface area (Å²) in [6.45, 7) is 3.88. The number of nitrogens with zero attached hydrogens (tertiary/aromatic N) is 1. The largest absolute Gasteiger partial charge is 0.325 e. The number of amides is 1. The van der Waals surface area contributed by atoms with Crippen molar-refractivity contribution in [3.8, 4) is 0 Å². The molecule has 1 aromatic rings. The van der Waals surface area contributed by atoms with E-state index in [0.29, 0.717) is 5.82 Å². The molecule has 18 heavy (non-hydrogen) atoms. The Kier molecular flexibility index (Phi) is 3.66. The minimum absolute atomic E-state index is 0.00204. The predicted octanol–water partition coefficient (Wildman–Crippen LogP) is 2.24. The summed E-state index contributed by atoms with van der Waals surface area (Å²) in [5, 5.41) is 2.88. The van der Waals surface area contributed by atoms with E-state index in [9.17, 15) is 4.79 Å². The van der Waals surface area contributed by atoms with Gasteiger partial charge in [0.15, 0.2) is 0 Å². The highest BCUT2D eigenvalue weighted by Crippen LogP contribution is 2.32. The lowest BCUT2D eigenvalue weighted by atomic mass is 9.74. The van der Waals surface area contributed by atoms with Crippen molar-refractivity contribution >= 4 is 11.7 Å². The molecular formula is C14H21N3O. The Morgan fingerprint density at radius 2 is 2.28 bits per heavy atom. The van der Waals surface area contributed by atoms with E-state index < -0.39 is 5.54 Å². The summed E-state index contributed by atoms with van der Waals surface area (Å²) >= 11 is 0. The maximum Gasteiger partial charge on any atom is 0.230 e. The van der Waals surface area contributed by atoms with Crippen LogP contribution in [0.1, 0.15) is 38.3 Å². The molecule has 0 saturated heterocycles. The van der Waals surface area contributed by atoms with Gasteiger partial charge in [0.1, 0.15) is 5.82 Å². The minimum atomic E-state index is -0.397. The maximum atomic E-state index is 12.3. The Bertz CT molecular complexity index is 442. The number of hydrogen-bond donors (Lipinski definition) is 2. The van der Waals surface area contributed by atoms with Crippen molar-refractivity contribution in [2.24, 2.45) is 11.7 Å². The van der Waals surface area contributed by atoms with Crippen LogP contribution >= 0.6 is 0 Å². The van der Waals surface area contributed by atoms with Crippen molar-refractivity contribution in [1.29, 1.82) is 0 Å². The van der Waals surface area contributed by atoms with Crippen molar-refractivity contribution in [3.05, 3.63) is 23.9 Å². The Morgan fingerprint density at radius 1 is 1.50 bits per heavy atom. The average Bonchev–Trinajstić information content (AvgIpc) is 2.28. The van der Waals surface area contributed by atoms with Gasteiger partial charge in [-0.2, -0.15) is 0 Å². The zero-order valence-corrected chi connectivity index (χ0v) is 11.1. The van der Waals surface area contributed by atoms with Gasteiger partial charge in [0.25, 0.3) is 0 Å². The molecular weight excluding hydrogens is 226 g/mol. The van der Waals surface area contributed by atoms with Gasteiger partial charge in [-0.15, -0.1) is 0 Å². The summed E-state index contributed by atoms with van der Waals surface area (Å²) in [5.74, 6) is 0.493. The lowest BCUT2D eigenvalue weighted by Crippen LogP contribution is -2.51. The highest BCUT2D eigenvalue weighted by Gasteiger charge is 2.37.